The van der Waals surface area contributed by atoms with Gasteiger partial charge in [0, 0.05) is 18.2 Å². The molecule has 3 rings (SSSR count). The Balaban J connectivity index is 1.91. The van der Waals surface area contributed by atoms with Crippen LogP contribution in [0.4, 0.5) is 0 Å². The van der Waals surface area contributed by atoms with Crippen molar-refractivity contribution in [3.63, 3.8) is 0 Å². The van der Waals surface area contributed by atoms with E-state index >= 15 is 0 Å². The molecule has 2 heterocycles. The van der Waals surface area contributed by atoms with Gasteiger partial charge in [-0.1, -0.05) is 18.5 Å². The topological polar surface area (TPSA) is 80.0 Å². The van der Waals surface area contributed by atoms with Crippen LogP contribution < -0.4 is 10.6 Å². The Labute approximate surface area is 136 Å². The molecule has 2 aromatic heterocycles. The third kappa shape index (κ3) is 3.52. The monoisotopic (exact) mass is 316 g/mol. The Morgan fingerprint density at radius 2 is 2.22 bits per heavy atom. The van der Waals surface area contributed by atoms with Crippen molar-refractivity contribution in [2.24, 2.45) is 0 Å². The molecule has 0 unspecified atom stereocenters. The molecule has 2 N–H and O–H groups in total. The molecule has 6 nitrogen and oxygen atoms in total. The molecule has 0 aromatic carbocycles. The van der Waals surface area contributed by atoms with Crippen molar-refractivity contribution < 1.29 is 9.32 Å². The molecule has 1 aliphatic rings. The number of nitrogens with zero attached hydrogens (tertiary/aromatic N) is 2. The number of hydrogen-bond acceptors (Lipinski definition) is 5. The number of nitrogens with one attached hydrogen (secondary N) is 2. The van der Waals surface area contributed by atoms with Crippen molar-refractivity contribution in [3.8, 4) is 0 Å². The fraction of sp³-hybridized carbons (Fsp3) is 0.588. The number of pyridine rings is 1. The number of hydrogen-bond donors (Lipinski definition) is 2. The summed E-state index contributed by atoms with van der Waals surface area (Å²) in [5.41, 5.74) is 2.94. The van der Waals surface area contributed by atoms with Gasteiger partial charge in [0.05, 0.1) is 16.6 Å². The number of aryl methyl sites for hydroxylation is 1. The summed E-state index contributed by atoms with van der Waals surface area (Å²) in [6, 6.07) is 1.93. The molecule has 1 amide bonds. The molecule has 0 aliphatic heterocycles. The average molecular weight is 316 g/mol. The number of carbonyl (C=O) groups is 1. The lowest BCUT2D eigenvalue weighted by molar-refractivity contribution is 0.0954. The summed E-state index contributed by atoms with van der Waals surface area (Å²) >= 11 is 0. The first kappa shape index (κ1) is 15.9. The smallest absolute Gasteiger partial charge is 0.259 e. The van der Waals surface area contributed by atoms with Gasteiger partial charge in [0.25, 0.3) is 11.6 Å². The summed E-state index contributed by atoms with van der Waals surface area (Å²) < 4.78 is 5.40. The quantitative estimate of drug-likeness (QED) is 0.731. The van der Waals surface area contributed by atoms with Crippen LogP contribution in [0.1, 0.15) is 60.3 Å². The summed E-state index contributed by atoms with van der Waals surface area (Å²) in [5.74, 6) is 0.408. The maximum Gasteiger partial charge on any atom is 0.259 e. The minimum absolute atomic E-state index is 0.0593. The second kappa shape index (κ2) is 7.08. The van der Waals surface area contributed by atoms with Gasteiger partial charge in [0.15, 0.2) is 0 Å². The van der Waals surface area contributed by atoms with Crippen LogP contribution in [0.2, 0.25) is 0 Å². The van der Waals surface area contributed by atoms with E-state index in [2.05, 4.69) is 27.7 Å². The van der Waals surface area contributed by atoms with Gasteiger partial charge < -0.3 is 15.2 Å². The summed E-state index contributed by atoms with van der Waals surface area (Å²) in [7, 11) is 1.91. The normalized spacial score (nSPS) is 14.3. The first-order chi connectivity index (χ1) is 11.2. The predicted octanol–water partition coefficient (Wildman–Crippen LogP) is 2.39. The number of fused-ring (bicyclic) bond motifs is 1. The van der Waals surface area contributed by atoms with E-state index in [0.29, 0.717) is 23.7 Å². The van der Waals surface area contributed by atoms with Crippen LogP contribution in [0.15, 0.2) is 10.6 Å². The maximum atomic E-state index is 12.6. The van der Waals surface area contributed by atoms with E-state index < -0.39 is 0 Å². The zero-order valence-corrected chi connectivity index (χ0v) is 13.8. The van der Waals surface area contributed by atoms with Crippen LogP contribution in [0.5, 0.6) is 0 Å². The predicted molar refractivity (Wildman–Crippen MR) is 88.7 cm³/mol. The largest absolute Gasteiger partial charge is 0.352 e. The Kier molecular flexibility index (Phi) is 4.91. The van der Waals surface area contributed by atoms with Gasteiger partial charge >= 0.3 is 0 Å². The van der Waals surface area contributed by atoms with Gasteiger partial charge in [-0.15, -0.1) is 0 Å². The van der Waals surface area contributed by atoms with Gasteiger partial charge in [-0.25, -0.2) is 4.98 Å². The highest BCUT2D eigenvalue weighted by Gasteiger charge is 2.28. The van der Waals surface area contributed by atoms with E-state index in [0.717, 1.165) is 55.4 Å². The van der Waals surface area contributed by atoms with Crippen molar-refractivity contribution in [2.45, 2.75) is 44.9 Å². The summed E-state index contributed by atoms with van der Waals surface area (Å²) in [4.78, 5) is 17.2. The van der Waals surface area contributed by atoms with Crippen LogP contribution in [0.25, 0.3) is 11.1 Å². The molecule has 0 bridgehead atoms. The van der Waals surface area contributed by atoms with Crippen LogP contribution in [0, 0.1) is 0 Å². The third-order valence-corrected chi connectivity index (χ3v) is 4.15. The summed E-state index contributed by atoms with van der Waals surface area (Å²) in [6.45, 7) is 3.62. The van der Waals surface area contributed by atoms with Gasteiger partial charge in [0.1, 0.15) is 0 Å². The SMILES string of the molecule is CCCc1noc2nc(C3CC3)cc(C(=O)NCCCNC)c12. The summed E-state index contributed by atoms with van der Waals surface area (Å²) in [5, 5.41) is 11.0. The molecule has 1 fully saturated rings. The van der Waals surface area contributed by atoms with E-state index in [1.807, 2.05) is 13.1 Å². The Hall–Kier alpha value is -1.95. The van der Waals surface area contributed by atoms with Gasteiger partial charge in [-0.05, 0) is 45.3 Å². The van der Waals surface area contributed by atoms with Gasteiger partial charge in [0.2, 0.25) is 0 Å². The number of carbonyl (C=O) groups excluding carboxylic acids is 1. The van der Waals surface area contributed by atoms with Crippen molar-refractivity contribution in [1.82, 2.24) is 20.8 Å². The lowest BCUT2D eigenvalue weighted by Crippen LogP contribution is -2.27. The second-order valence-corrected chi connectivity index (χ2v) is 6.14. The molecule has 124 valence electrons. The van der Waals surface area contributed by atoms with Gasteiger partial charge in [-0.2, -0.15) is 0 Å². The van der Waals surface area contributed by atoms with E-state index in [9.17, 15) is 4.79 Å². The van der Waals surface area contributed by atoms with Crippen molar-refractivity contribution in [3.05, 3.63) is 23.0 Å². The van der Waals surface area contributed by atoms with Crippen molar-refractivity contribution >= 4 is 17.0 Å². The first-order valence-electron chi connectivity index (χ1n) is 8.46. The zero-order chi connectivity index (χ0) is 16.2. The standard InChI is InChI=1S/C17H24N4O2/c1-3-5-13-15-12(16(22)19-9-4-8-18-2)10-14(11-6-7-11)20-17(15)23-21-13/h10-11,18H,3-9H2,1-2H3,(H,19,22). The lowest BCUT2D eigenvalue weighted by Gasteiger charge is -2.08. The average Bonchev–Trinajstić information content (AvgIpc) is 3.33. The number of rotatable bonds is 8. The van der Waals surface area contributed by atoms with E-state index in [1.54, 1.807) is 0 Å². The minimum atomic E-state index is -0.0593. The fourth-order valence-corrected chi connectivity index (χ4v) is 2.77. The Morgan fingerprint density at radius 3 is 2.91 bits per heavy atom. The molecule has 1 aliphatic carbocycles. The molecule has 23 heavy (non-hydrogen) atoms. The third-order valence-electron chi connectivity index (χ3n) is 4.15. The molecular formula is C17H24N4O2. The highest BCUT2D eigenvalue weighted by molar-refractivity contribution is 6.06. The number of aromatic nitrogens is 2. The lowest BCUT2D eigenvalue weighted by atomic mass is 10.0. The minimum Gasteiger partial charge on any atom is -0.352 e. The summed E-state index contributed by atoms with van der Waals surface area (Å²) in [6.07, 6.45) is 4.92. The highest BCUT2D eigenvalue weighted by Crippen LogP contribution is 2.40. The van der Waals surface area contributed by atoms with Crippen LogP contribution in [-0.2, 0) is 6.42 Å². The zero-order valence-electron chi connectivity index (χ0n) is 13.8. The molecule has 0 spiro atoms. The Bertz CT molecular complexity index is 691. The van der Waals surface area contributed by atoms with E-state index in [1.165, 1.54) is 0 Å². The molecule has 0 radical (unpaired) electrons. The highest BCUT2D eigenvalue weighted by atomic mass is 16.5. The number of amides is 1. The van der Waals surface area contributed by atoms with Crippen LogP contribution >= 0.6 is 0 Å². The first-order valence-corrected chi connectivity index (χ1v) is 8.46. The second-order valence-electron chi connectivity index (χ2n) is 6.14. The molecule has 2 aromatic rings. The molecule has 0 atom stereocenters. The van der Waals surface area contributed by atoms with E-state index in [-0.39, 0.29) is 5.91 Å². The molecular weight excluding hydrogens is 292 g/mol. The Morgan fingerprint density at radius 1 is 1.39 bits per heavy atom. The fourth-order valence-electron chi connectivity index (χ4n) is 2.77. The van der Waals surface area contributed by atoms with E-state index in [4.69, 9.17) is 4.52 Å². The molecule has 1 saturated carbocycles. The molecule has 6 heteroatoms. The van der Waals surface area contributed by atoms with Crippen LogP contribution in [-0.4, -0.2) is 36.2 Å². The van der Waals surface area contributed by atoms with Crippen LogP contribution in [0.3, 0.4) is 0 Å². The molecule has 0 saturated heterocycles. The van der Waals surface area contributed by atoms with Gasteiger partial charge in [-0.3, -0.25) is 4.79 Å². The maximum absolute atomic E-state index is 12.6. The van der Waals surface area contributed by atoms with Crippen molar-refractivity contribution in [1.29, 1.82) is 0 Å². The van der Waals surface area contributed by atoms with Crippen molar-refractivity contribution in [2.75, 3.05) is 20.1 Å².